The molecule has 8 heteroatoms. The van der Waals surface area contributed by atoms with Crippen LogP contribution < -0.4 is 10.6 Å². The zero-order chi connectivity index (χ0) is 25.3. The van der Waals surface area contributed by atoms with Gasteiger partial charge in [-0.25, -0.2) is 9.97 Å². The standard InChI is InChI=1S/C28H31N7O/c1-4-35(5-2)16-13-21-8-10-24(11-9-21)32-27(36)23-17-26(20(3)31-19-23)34-28-30-15-12-25(33-28)22-7-6-14-29-18-22/h6-12,14-15,17-19H,4-5,13,16H2,1-3H3,(H,32,36)(H,30,33,34). The van der Waals surface area contributed by atoms with Gasteiger partial charge >= 0.3 is 0 Å². The van der Waals surface area contributed by atoms with Crippen LogP contribution in [-0.4, -0.2) is 50.4 Å². The summed E-state index contributed by atoms with van der Waals surface area (Å²) in [6.07, 6.45) is 7.71. The van der Waals surface area contributed by atoms with Crippen molar-refractivity contribution in [1.29, 1.82) is 0 Å². The van der Waals surface area contributed by atoms with Crippen molar-refractivity contribution in [1.82, 2.24) is 24.8 Å². The third kappa shape index (κ3) is 6.49. The van der Waals surface area contributed by atoms with Gasteiger partial charge in [-0.15, -0.1) is 0 Å². The number of nitrogens with one attached hydrogen (secondary N) is 2. The van der Waals surface area contributed by atoms with Crippen LogP contribution in [0.3, 0.4) is 0 Å². The number of nitrogens with zero attached hydrogens (tertiary/aromatic N) is 5. The predicted octanol–water partition coefficient (Wildman–Crippen LogP) is 5.12. The fourth-order valence-electron chi connectivity index (χ4n) is 3.78. The van der Waals surface area contributed by atoms with Gasteiger partial charge in [0.05, 0.1) is 22.6 Å². The normalized spacial score (nSPS) is 10.9. The second-order valence-corrected chi connectivity index (χ2v) is 8.42. The number of pyridine rings is 2. The van der Waals surface area contributed by atoms with Crippen molar-refractivity contribution in [3.8, 4) is 11.3 Å². The number of amides is 1. The van der Waals surface area contributed by atoms with Crippen molar-refractivity contribution in [2.75, 3.05) is 30.3 Å². The van der Waals surface area contributed by atoms with E-state index in [1.165, 1.54) is 5.56 Å². The summed E-state index contributed by atoms with van der Waals surface area (Å²) >= 11 is 0. The maximum absolute atomic E-state index is 12.9. The van der Waals surface area contributed by atoms with Gasteiger partial charge in [0, 0.05) is 42.6 Å². The number of aryl methyl sites for hydroxylation is 1. The molecule has 4 rings (SSSR count). The van der Waals surface area contributed by atoms with Crippen LogP contribution in [0, 0.1) is 6.92 Å². The molecule has 4 aromatic rings. The molecule has 0 bridgehead atoms. The molecule has 0 saturated heterocycles. The Kier molecular flexibility index (Phi) is 8.31. The van der Waals surface area contributed by atoms with Gasteiger partial charge in [-0.3, -0.25) is 14.8 Å². The number of likely N-dealkylation sites (N-methyl/N-ethyl adjacent to an activating group) is 1. The molecule has 1 aromatic carbocycles. The van der Waals surface area contributed by atoms with Crippen LogP contribution in [-0.2, 0) is 6.42 Å². The summed E-state index contributed by atoms with van der Waals surface area (Å²) in [7, 11) is 0. The Bertz CT molecular complexity index is 1290. The molecule has 1 amide bonds. The summed E-state index contributed by atoms with van der Waals surface area (Å²) in [5.41, 5.74) is 5.48. The molecule has 3 aromatic heterocycles. The van der Waals surface area contributed by atoms with Crippen LogP contribution in [0.25, 0.3) is 11.3 Å². The van der Waals surface area contributed by atoms with Crippen LogP contribution in [0.4, 0.5) is 17.3 Å². The van der Waals surface area contributed by atoms with Crippen molar-refractivity contribution < 1.29 is 4.79 Å². The molecular weight excluding hydrogens is 450 g/mol. The first kappa shape index (κ1) is 24.9. The fraction of sp³-hybridized carbons (Fsp3) is 0.250. The molecule has 2 N–H and O–H groups in total. The summed E-state index contributed by atoms with van der Waals surface area (Å²) in [6.45, 7) is 9.34. The van der Waals surface area contributed by atoms with Crippen LogP contribution in [0.5, 0.6) is 0 Å². The van der Waals surface area contributed by atoms with E-state index < -0.39 is 0 Å². The van der Waals surface area contributed by atoms with E-state index in [2.05, 4.69) is 61.4 Å². The highest BCUT2D eigenvalue weighted by molar-refractivity contribution is 6.04. The van der Waals surface area contributed by atoms with Crippen molar-refractivity contribution in [2.45, 2.75) is 27.2 Å². The number of rotatable bonds is 10. The van der Waals surface area contributed by atoms with Gasteiger partial charge in [0.15, 0.2) is 0 Å². The van der Waals surface area contributed by atoms with Crippen molar-refractivity contribution in [3.05, 3.63) is 90.1 Å². The van der Waals surface area contributed by atoms with E-state index in [9.17, 15) is 4.79 Å². The minimum atomic E-state index is -0.230. The summed E-state index contributed by atoms with van der Waals surface area (Å²) in [4.78, 5) is 32.7. The Morgan fingerprint density at radius 2 is 1.78 bits per heavy atom. The van der Waals surface area contributed by atoms with Crippen molar-refractivity contribution in [2.24, 2.45) is 0 Å². The molecule has 0 radical (unpaired) electrons. The molecule has 0 unspecified atom stereocenters. The highest BCUT2D eigenvalue weighted by Gasteiger charge is 2.12. The molecule has 0 spiro atoms. The third-order valence-corrected chi connectivity index (χ3v) is 6.03. The molecule has 0 aliphatic carbocycles. The average Bonchev–Trinajstić information content (AvgIpc) is 2.92. The highest BCUT2D eigenvalue weighted by Crippen LogP contribution is 2.21. The van der Waals surface area contributed by atoms with Crippen LogP contribution >= 0.6 is 0 Å². The molecule has 0 aliphatic rings. The molecule has 36 heavy (non-hydrogen) atoms. The van der Waals surface area contributed by atoms with Crippen LogP contribution in [0.15, 0.2) is 73.3 Å². The summed E-state index contributed by atoms with van der Waals surface area (Å²) in [6, 6.07) is 15.4. The van der Waals surface area contributed by atoms with Gasteiger partial charge in [0.1, 0.15) is 0 Å². The Hall–Kier alpha value is -4.17. The molecule has 184 valence electrons. The van der Waals surface area contributed by atoms with Crippen molar-refractivity contribution >= 4 is 23.2 Å². The van der Waals surface area contributed by atoms with E-state index in [4.69, 9.17) is 0 Å². The number of aromatic nitrogens is 4. The van der Waals surface area contributed by atoms with Gasteiger partial charge in [-0.2, -0.15) is 0 Å². The maximum atomic E-state index is 12.9. The average molecular weight is 482 g/mol. The summed E-state index contributed by atoms with van der Waals surface area (Å²) in [5, 5.41) is 6.15. The number of carbonyl (C=O) groups is 1. The van der Waals surface area contributed by atoms with E-state index in [1.807, 2.05) is 37.3 Å². The van der Waals surface area contributed by atoms with Gasteiger partial charge in [0.25, 0.3) is 5.91 Å². The zero-order valence-corrected chi connectivity index (χ0v) is 20.9. The molecule has 0 aliphatic heterocycles. The lowest BCUT2D eigenvalue weighted by atomic mass is 10.1. The maximum Gasteiger partial charge on any atom is 0.257 e. The third-order valence-electron chi connectivity index (χ3n) is 6.03. The summed E-state index contributed by atoms with van der Waals surface area (Å²) in [5.74, 6) is 0.186. The number of hydrogen-bond donors (Lipinski definition) is 2. The molecule has 8 nitrogen and oxygen atoms in total. The smallest absolute Gasteiger partial charge is 0.257 e. The molecule has 0 saturated carbocycles. The minimum absolute atomic E-state index is 0.230. The quantitative estimate of drug-likeness (QED) is 0.324. The largest absolute Gasteiger partial charge is 0.323 e. The lowest BCUT2D eigenvalue weighted by molar-refractivity contribution is 0.102. The Balaban J connectivity index is 1.43. The zero-order valence-electron chi connectivity index (χ0n) is 20.9. The SMILES string of the molecule is CCN(CC)CCc1ccc(NC(=O)c2cnc(C)c(Nc3nccc(-c4cccnc4)n3)c2)cc1. The van der Waals surface area contributed by atoms with Crippen molar-refractivity contribution in [3.63, 3.8) is 0 Å². The topological polar surface area (TPSA) is 95.9 Å². The van der Waals surface area contributed by atoms with E-state index in [0.29, 0.717) is 17.2 Å². The lowest BCUT2D eigenvalue weighted by Crippen LogP contribution is -2.25. The predicted molar refractivity (Wildman–Crippen MR) is 143 cm³/mol. The number of carbonyl (C=O) groups excluding carboxylic acids is 1. The van der Waals surface area contributed by atoms with E-state index in [-0.39, 0.29) is 5.91 Å². The fourth-order valence-corrected chi connectivity index (χ4v) is 3.78. The van der Waals surface area contributed by atoms with E-state index >= 15 is 0 Å². The monoisotopic (exact) mass is 481 g/mol. The molecule has 0 atom stereocenters. The molecule has 0 fully saturated rings. The molecular formula is C28H31N7O. The first-order chi connectivity index (χ1) is 17.6. The van der Waals surface area contributed by atoms with Crippen LogP contribution in [0.1, 0.15) is 35.5 Å². The Morgan fingerprint density at radius 1 is 0.972 bits per heavy atom. The van der Waals surface area contributed by atoms with E-state index in [0.717, 1.165) is 48.7 Å². The number of benzene rings is 1. The lowest BCUT2D eigenvalue weighted by Gasteiger charge is -2.17. The van der Waals surface area contributed by atoms with Gasteiger partial charge < -0.3 is 15.5 Å². The minimum Gasteiger partial charge on any atom is -0.323 e. The Morgan fingerprint density at radius 3 is 2.50 bits per heavy atom. The van der Waals surface area contributed by atoms with Crippen LogP contribution in [0.2, 0.25) is 0 Å². The second kappa shape index (κ2) is 12.0. The van der Waals surface area contributed by atoms with Gasteiger partial charge in [0.2, 0.25) is 5.95 Å². The Labute approximate surface area is 211 Å². The summed E-state index contributed by atoms with van der Waals surface area (Å²) < 4.78 is 0. The number of anilines is 3. The second-order valence-electron chi connectivity index (χ2n) is 8.42. The van der Waals surface area contributed by atoms with Gasteiger partial charge in [-0.05, 0) is 68.4 Å². The number of hydrogen-bond acceptors (Lipinski definition) is 7. The molecule has 3 heterocycles. The van der Waals surface area contributed by atoms with E-state index in [1.54, 1.807) is 30.9 Å². The van der Waals surface area contributed by atoms with Gasteiger partial charge in [-0.1, -0.05) is 26.0 Å². The highest BCUT2D eigenvalue weighted by atomic mass is 16.1. The first-order valence-electron chi connectivity index (χ1n) is 12.2. The first-order valence-corrected chi connectivity index (χ1v) is 12.2.